The van der Waals surface area contributed by atoms with Crippen molar-refractivity contribution in [1.82, 2.24) is 4.90 Å². The summed E-state index contributed by atoms with van der Waals surface area (Å²) in [6, 6.07) is 8.52. The summed E-state index contributed by atoms with van der Waals surface area (Å²) in [6.07, 6.45) is 1.69. The van der Waals surface area contributed by atoms with Gasteiger partial charge in [-0.1, -0.05) is 24.3 Å². The normalized spacial score (nSPS) is 30.8. The minimum atomic E-state index is -0.688. The maximum atomic E-state index is 11.5. The number of aliphatic carboxylic acids is 1. The van der Waals surface area contributed by atoms with Crippen LogP contribution in [-0.2, 0) is 16.1 Å². The van der Waals surface area contributed by atoms with E-state index < -0.39 is 11.4 Å². The van der Waals surface area contributed by atoms with Crippen LogP contribution in [-0.4, -0.2) is 35.7 Å². The summed E-state index contributed by atoms with van der Waals surface area (Å²) in [5.41, 5.74) is 1.89. The third kappa shape index (κ3) is 2.34. The molecule has 0 radical (unpaired) electrons. The van der Waals surface area contributed by atoms with Crippen LogP contribution >= 0.6 is 0 Å². The Morgan fingerprint density at radius 1 is 1.45 bits per heavy atom. The molecule has 0 amide bonds. The summed E-state index contributed by atoms with van der Waals surface area (Å²) in [4.78, 5) is 13.8. The SMILES string of the molecule is CC1(C(=O)O)CCCN(C2COCc3ccccc32)C1. The average molecular weight is 275 g/mol. The minimum Gasteiger partial charge on any atom is -0.481 e. The molecule has 0 bridgehead atoms. The summed E-state index contributed by atoms with van der Waals surface area (Å²) in [7, 11) is 0. The Balaban J connectivity index is 1.85. The van der Waals surface area contributed by atoms with E-state index in [1.807, 2.05) is 13.0 Å². The second-order valence-electron chi connectivity index (χ2n) is 6.17. The highest BCUT2D eigenvalue weighted by atomic mass is 16.5. The number of carboxylic acid groups (broad SMARTS) is 1. The lowest BCUT2D eigenvalue weighted by Gasteiger charge is -2.43. The Kier molecular flexibility index (Phi) is 3.52. The highest BCUT2D eigenvalue weighted by molar-refractivity contribution is 5.74. The Bertz CT molecular complexity index is 516. The lowest BCUT2D eigenvalue weighted by Crippen LogP contribution is -2.48. The quantitative estimate of drug-likeness (QED) is 0.900. The van der Waals surface area contributed by atoms with Crippen LogP contribution in [0.3, 0.4) is 0 Å². The fraction of sp³-hybridized carbons (Fsp3) is 0.562. The molecule has 2 heterocycles. The van der Waals surface area contributed by atoms with Crippen LogP contribution in [0.1, 0.15) is 36.9 Å². The first-order chi connectivity index (χ1) is 9.60. The summed E-state index contributed by atoms with van der Waals surface area (Å²) in [5, 5.41) is 9.45. The first kappa shape index (κ1) is 13.6. The van der Waals surface area contributed by atoms with Crippen molar-refractivity contribution in [2.75, 3.05) is 19.7 Å². The van der Waals surface area contributed by atoms with E-state index in [0.717, 1.165) is 19.4 Å². The van der Waals surface area contributed by atoms with E-state index in [9.17, 15) is 9.90 Å². The van der Waals surface area contributed by atoms with Crippen LogP contribution in [0.2, 0.25) is 0 Å². The first-order valence-electron chi connectivity index (χ1n) is 7.23. The van der Waals surface area contributed by atoms with Crippen molar-refractivity contribution in [1.29, 1.82) is 0 Å². The first-order valence-corrected chi connectivity index (χ1v) is 7.23. The molecule has 3 rings (SSSR count). The van der Waals surface area contributed by atoms with Gasteiger partial charge in [0.2, 0.25) is 0 Å². The molecule has 0 aliphatic carbocycles. The Hall–Kier alpha value is -1.39. The van der Waals surface area contributed by atoms with Crippen LogP contribution in [0.15, 0.2) is 24.3 Å². The van der Waals surface area contributed by atoms with E-state index in [2.05, 4.69) is 23.1 Å². The molecule has 4 heteroatoms. The number of carbonyl (C=O) groups is 1. The number of nitrogens with zero attached hydrogens (tertiary/aromatic N) is 1. The molecule has 2 unspecified atom stereocenters. The Morgan fingerprint density at radius 2 is 2.25 bits per heavy atom. The van der Waals surface area contributed by atoms with Crippen molar-refractivity contribution in [2.45, 2.75) is 32.4 Å². The van der Waals surface area contributed by atoms with Gasteiger partial charge in [0, 0.05) is 6.54 Å². The van der Waals surface area contributed by atoms with Crippen LogP contribution in [0.4, 0.5) is 0 Å². The summed E-state index contributed by atoms with van der Waals surface area (Å²) >= 11 is 0. The molecule has 4 nitrogen and oxygen atoms in total. The number of ether oxygens (including phenoxy) is 1. The number of hydrogen-bond acceptors (Lipinski definition) is 3. The molecule has 0 spiro atoms. The van der Waals surface area contributed by atoms with Gasteiger partial charge in [0.1, 0.15) is 0 Å². The number of likely N-dealkylation sites (tertiary alicyclic amines) is 1. The predicted octanol–water partition coefficient (Wildman–Crippen LogP) is 2.44. The van der Waals surface area contributed by atoms with Crippen molar-refractivity contribution in [3.8, 4) is 0 Å². The fourth-order valence-corrected chi connectivity index (χ4v) is 3.38. The van der Waals surface area contributed by atoms with Crippen LogP contribution in [0, 0.1) is 5.41 Å². The second kappa shape index (κ2) is 5.19. The van der Waals surface area contributed by atoms with Gasteiger partial charge < -0.3 is 9.84 Å². The molecular formula is C16H21NO3. The summed E-state index contributed by atoms with van der Waals surface area (Å²) in [5.74, 6) is -0.688. The van der Waals surface area contributed by atoms with Gasteiger partial charge in [0.15, 0.2) is 0 Å². The third-order valence-electron chi connectivity index (χ3n) is 4.63. The standard InChI is InChI=1S/C16H21NO3/c1-16(15(18)19)7-4-8-17(11-16)14-10-20-9-12-5-2-3-6-13(12)14/h2-3,5-6,14H,4,7-11H2,1H3,(H,18,19). The molecule has 1 N–H and O–H groups in total. The van der Waals surface area contributed by atoms with Gasteiger partial charge in [0.05, 0.1) is 24.7 Å². The van der Waals surface area contributed by atoms with Gasteiger partial charge >= 0.3 is 5.97 Å². The van der Waals surface area contributed by atoms with Gasteiger partial charge in [-0.05, 0) is 37.4 Å². The smallest absolute Gasteiger partial charge is 0.310 e. The van der Waals surface area contributed by atoms with Gasteiger partial charge in [-0.15, -0.1) is 0 Å². The molecule has 2 aliphatic heterocycles. The van der Waals surface area contributed by atoms with Gasteiger partial charge in [-0.2, -0.15) is 0 Å². The minimum absolute atomic E-state index is 0.193. The van der Waals surface area contributed by atoms with Crippen LogP contribution in [0.25, 0.3) is 0 Å². The molecule has 1 aromatic carbocycles. The lowest BCUT2D eigenvalue weighted by atomic mass is 9.81. The molecule has 2 atom stereocenters. The molecule has 0 aromatic heterocycles. The summed E-state index contributed by atoms with van der Waals surface area (Å²) < 4.78 is 5.70. The zero-order chi connectivity index (χ0) is 14.2. The topological polar surface area (TPSA) is 49.8 Å². The Morgan fingerprint density at radius 3 is 3.05 bits per heavy atom. The van der Waals surface area contributed by atoms with E-state index in [-0.39, 0.29) is 6.04 Å². The van der Waals surface area contributed by atoms with E-state index >= 15 is 0 Å². The Labute approximate surface area is 119 Å². The van der Waals surface area contributed by atoms with Crippen molar-refractivity contribution >= 4 is 5.97 Å². The molecule has 1 saturated heterocycles. The maximum Gasteiger partial charge on any atom is 0.310 e. The van der Waals surface area contributed by atoms with Crippen molar-refractivity contribution < 1.29 is 14.6 Å². The van der Waals surface area contributed by atoms with Gasteiger partial charge in [0.25, 0.3) is 0 Å². The molecule has 2 aliphatic rings. The molecule has 0 saturated carbocycles. The number of hydrogen-bond donors (Lipinski definition) is 1. The maximum absolute atomic E-state index is 11.5. The van der Waals surface area contributed by atoms with Gasteiger partial charge in [-0.25, -0.2) is 0 Å². The zero-order valence-corrected chi connectivity index (χ0v) is 11.8. The van der Waals surface area contributed by atoms with Crippen molar-refractivity contribution in [3.05, 3.63) is 35.4 Å². The van der Waals surface area contributed by atoms with E-state index in [4.69, 9.17) is 4.74 Å². The highest BCUT2D eigenvalue weighted by Crippen LogP contribution is 2.37. The number of fused-ring (bicyclic) bond motifs is 1. The number of carboxylic acids is 1. The van der Waals surface area contributed by atoms with Crippen LogP contribution < -0.4 is 0 Å². The molecule has 1 fully saturated rings. The lowest BCUT2D eigenvalue weighted by molar-refractivity contribution is -0.152. The van der Waals surface area contributed by atoms with Crippen LogP contribution in [0.5, 0.6) is 0 Å². The number of piperidine rings is 1. The average Bonchev–Trinajstić information content (AvgIpc) is 2.46. The monoisotopic (exact) mass is 275 g/mol. The van der Waals surface area contributed by atoms with Crippen molar-refractivity contribution in [3.63, 3.8) is 0 Å². The van der Waals surface area contributed by atoms with E-state index in [1.54, 1.807) is 0 Å². The largest absolute Gasteiger partial charge is 0.481 e. The highest BCUT2D eigenvalue weighted by Gasteiger charge is 2.40. The molecule has 20 heavy (non-hydrogen) atoms. The zero-order valence-electron chi connectivity index (χ0n) is 11.8. The van der Waals surface area contributed by atoms with E-state index in [0.29, 0.717) is 19.8 Å². The molecule has 1 aromatic rings. The summed E-state index contributed by atoms with van der Waals surface area (Å²) in [6.45, 7) is 4.73. The molecular weight excluding hydrogens is 254 g/mol. The number of benzene rings is 1. The fourth-order valence-electron chi connectivity index (χ4n) is 3.38. The molecule has 108 valence electrons. The third-order valence-corrected chi connectivity index (χ3v) is 4.63. The number of rotatable bonds is 2. The van der Waals surface area contributed by atoms with Crippen molar-refractivity contribution in [2.24, 2.45) is 5.41 Å². The second-order valence-corrected chi connectivity index (χ2v) is 6.17. The predicted molar refractivity (Wildman–Crippen MR) is 75.4 cm³/mol. The van der Waals surface area contributed by atoms with Gasteiger partial charge in [-0.3, -0.25) is 9.69 Å². The van der Waals surface area contributed by atoms with E-state index in [1.165, 1.54) is 11.1 Å².